The van der Waals surface area contributed by atoms with Gasteiger partial charge in [-0.1, -0.05) is 6.07 Å². The minimum absolute atomic E-state index is 0.0850. The van der Waals surface area contributed by atoms with Crippen LogP contribution >= 0.6 is 0 Å². The number of nitrogens with zero attached hydrogens (tertiary/aromatic N) is 3. The molecule has 0 radical (unpaired) electrons. The fraction of sp³-hybridized carbons (Fsp3) is 0.368. The molecule has 1 fully saturated rings. The van der Waals surface area contributed by atoms with Crippen LogP contribution in [0.3, 0.4) is 0 Å². The molecule has 1 N–H and O–H groups in total. The number of hydrogen-bond donors (Lipinski definition) is 1. The molecule has 1 aliphatic carbocycles. The SMILES string of the molecule is CN(c1ncnc2[nH]ccc12)[C@H]1C[C@@H](CS(=O)(=O)c2cccc(OC(F)(F)F)c2)C1. The summed E-state index contributed by atoms with van der Waals surface area (Å²) in [6.45, 7) is 0. The van der Waals surface area contributed by atoms with E-state index in [4.69, 9.17) is 0 Å². The first-order valence-electron chi connectivity index (χ1n) is 9.22. The summed E-state index contributed by atoms with van der Waals surface area (Å²) in [5.41, 5.74) is 0.728. The summed E-state index contributed by atoms with van der Waals surface area (Å²) in [5.74, 6) is 0.00713. The molecule has 0 bridgehead atoms. The molecule has 2 heterocycles. The number of rotatable bonds is 6. The van der Waals surface area contributed by atoms with Crippen molar-refractivity contribution < 1.29 is 26.3 Å². The van der Waals surface area contributed by atoms with Gasteiger partial charge in [-0.15, -0.1) is 13.2 Å². The normalized spacial score (nSPS) is 19.5. The van der Waals surface area contributed by atoms with Crippen LogP contribution in [0.4, 0.5) is 19.0 Å². The van der Waals surface area contributed by atoms with Crippen molar-refractivity contribution in [3.8, 4) is 5.75 Å². The van der Waals surface area contributed by atoms with Crippen molar-refractivity contribution in [2.75, 3.05) is 17.7 Å². The third-order valence-electron chi connectivity index (χ3n) is 5.28. The van der Waals surface area contributed by atoms with Gasteiger partial charge in [-0.25, -0.2) is 18.4 Å². The zero-order valence-corrected chi connectivity index (χ0v) is 16.7. The Hall–Kier alpha value is -2.82. The molecule has 0 spiro atoms. The Labute approximate surface area is 170 Å². The van der Waals surface area contributed by atoms with E-state index in [0.717, 1.165) is 29.0 Å². The van der Waals surface area contributed by atoms with Crippen LogP contribution in [0.15, 0.2) is 47.8 Å². The Morgan fingerprint density at radius 3 is 2.73 bits per heavy atom. The van der Waals surface area contributed by atoms with E-state index in [1.807, 2.05) is 18.0 Å². The summed E-state index contributed by atoms with van der Waals surface area (Å²) in [7, 11) is -1.83. The number of aromatic amines is 1. The lowest BCUT2D eigenvalue weighted by Gasteiger charge is -2.41. The van der Waals surface area contributed by atoms with Gasteiger partial charge in [0, 0.05) is 19.3 Å². The minimum atomic E-state index is -4.87. The van der Waals surface area contributed by atoms with Crippen LogP contribution in [0.25, 0.3) is 11.0 Å². The van der Waals surface area contributed by atoms with Crippen LogP contribution in [-0.2, 0) is 9.84 Å². The standard InChI is InChI=1S/C19H19F3N4O3S/c1-26(18-16-5-6-23-17(16)24-11-25-18)13-7-12(8-13)10-30(27,28)15-4-2-3-14(9-15)29-19(20,21)22/h2-6,9,11-13H,7-8,10H2,1H3,(H,23,24,25)/t12-,13+. The summed E-state index contributed by atoms with van der Waals surface area (Å²) in [4.78, 5) is 13.4. The van der Waals surface area contributed by atoms with Crippen molar-refractivity contribution in [2.45, 2.75) is 30.1 Å². The number of halogens is 3. The smallest absolute Gasteiger partial charge is 0.406 e. The molecule has 0 saturated heterocycles. The van der Waals surface area contributed by atoms with E-state index in [9.17, 15) is 21.6 Å². The van der Waals surface area contributed by atoms with Crippen LogP contribution in [0.1, 0.15) is 12.8 Å². The maximum Gasteiger partial charge on any atom is 0.573 e. The number of H-pyrrole nitrogens is 1. The van der Waals surface area contributed by atoms with Crippen molar-refractivity contribution in [2.24, 2.45) is 5.92 Å². The summed E-state index contributed by atoms with van der Waals surface area (Å²) in [6.07, 6.45) is -0.334. The second-order valence-corrected chi connectivity index (χ2v) is 9.38. The molecule has 7 nitrogen and oxygen atoms in total. The van der Waals surface area contributed by atoms with Gasteiger partial charge in [0.15, 0.2) is 9.84 Å². The number of anilines is 1. The number of ether oxygens (including phenoxy) is 1. The first kappa shape index (κ1) is 20.5. The number of alkyl halides is 3. The average Bonchev–Trinajstić information content (AvgIpc) is 3.11. The highest BCUT2D eigenvalue weighted by atomic mass is 32.2. The molecule has 30 heavy (non-hydrogen) atoms. The molecular formula is C19H19F3N4O3S. The lowest BCUT2D eigenvalue weighted by molar-refractivity contribution is -0.274. The van der Waals surface area contributed by atoms with Crippen molar-refractivity contribution in [3.63, 3.8) is 0 Å². The molecule has 11 heteroatoms. The zero-order chi connectivity index (χ0) is 21.5. The number of aromatic nitrogens is 3. The largest absolute Gasteiger partial charge is 0.573 e. The fourth-order valence-electron chi connectivity index (χ4n) is 3.74. The molecule has 2 aromatic heterocycles. The average molecular weight is 440 g/mol. The van der Waals surface area contributed by atoms with Crippen molar-refractivity contribution in [1.82, 2.24) is 15.0 Å². The van der Waals surface area contributed by atoms with Crippen LogP contribution in [0, 0.1) is 5.92 Å². The van der Waals surface area contributed by atoms with Crippen LogP contribution in [0.2, 0.25) is 0 Å². The van der Waals surface area contributed by atoms with Gasteiger partial charge < -0.3 is 14.6 Å². The van der Waals surface area contributed by atoms with Gasteiger partial charge in [-0.3, -0.25) is 0 Å². The predicted molar refractivity (Wildman–Crippen MR) is 104 cm³/mol. The predicted octanol–water partition coefficient (Wildman–Crippen LogP) is 3.55. The van der Waals surface area contributed by atoms with E-state index in [0.29, 0.717) is 12.8 Å². The Kier molecular flexibility index (Phi) is 5.08. The maximum atomic E-state index is 12.7. The minimum Gasteiger partial charge on any atom is -0.406 e. The monoisotopic (exact) mass is 440 g/mol. The highest BCUT2D eigenvalue weighted by molar-refractivity contribution is 7.91. The molecule has 0 atom stereocenters. The summed E-state index contributed by atoms with van der Waals surface area (Å²) >= 11 is 0. The first-order chi connectivity index (χ1) is 14.1. The lowest BCUT2D eigenvalue weighted by atomic mass is 9.81. The van der Waals surface area contributed by atoms with E-state index < -0.39 is 21.9 Å². The fourth-order valence-corrected chi connectivity index (χ4v) is 5.40. The van der Waals surface area contributed by atoms with Gasteiger partial charge >= 0.3 is 6.36 Å². The van der Waals surface area contributed by atoms with E-state index in [1.54, 1.807) is 6.20 Å². The molecular weight excluding hydrogens is 421 g/mol. The number of sulfone groups is 1. The Morgan fingerprint density at radius 2 is 2.00 bits per heavy atom. The Bertz CT molecular complexity index is 1160. The van der Waals surface area contributed by atoms with E-state index in [1.165, 1.54) is 18.5 Å². The van der Waals surface area contributed by atoms with E-state index in [2.05, 4.69) is 19.7 Å². The molecule has 160 valence electrons. The van der Waals surface area contributed by atoms with Gasteiger partial charge in [0.1, 0.15) is 23.5 Å². The van der Waals surface area contributed by atoms with Crippen molar-refractivity contribution in [1.29, 1.82) is 0 Å². The van der Waals surface area contributed by atoms with Gasteiger partial charge in [0.2, 0.25) is 0 Å². The Balaban J connectivity index is 1.41. The van der Waals surface area contributed by atoms with Gasteiger partial charge in [-0.2, -0.15) is 0 Å². The lowest BCUT2D eigenvalue weighted by Crippen LogP contribution is -2.45. The number of nitrogens with one attached hydrogen (secondary N) is 1. The molecule has 3 aromatic rings. The third-order valence-corrected chi connectivity index (χ3v) is 7.16. The molecule has 1 aromatic carbocycles. The molecule has 1 saturated carbocycles. The van der Waals surface area contributed by atoms with Crippen LogP contribution in [-0.4, -0.2) is 48.6 Å². The third kappa shape index (κ3) is 4.20. The van der Waals surface area contributed by atoms with E-state index >= 15 is 0 Å². The quantitative estimate of drug-likeness (QED) is 0.631. The second-order valence-electron chi connectivity index (χ2n) is 7.34. The van der Waals surface area contributed by atoms with E-state index in [-0.39, 0.29) is 22.6 Å². The molecule has 0 aliphatic heterocycles. The molecule has 1 aliphatic rings. The number of fused-ring (bicyclic) bond motifs is 1. The summed E-state index contributed by atoms with van der Waals surface area (Å²) in [5, 5.41) is 0.887. The number of benzene rings is 1. The summed E-state index contributed by atoms with van der Waals surface area (Å²) < 4.78 is 66.3. The highest BCUT2D eigenvalue weighted by Gasteiger charge is 2.37. The Morgan fingerprint density at radius 1 is 1.23 bits per heavy atom. The first-order valence-corrected chi connectivity index (χ1v) is 10.9. The maximum absolute atomic E-state index is 12.7. The molecule has 0 amide bonds. The summed E-state index contributed by atoms with van der Waals surface area (Å²) in [6, 6.07) is 6.52. The van der Waals surface area contributed by atoms with Crippen LogP contribution < -0.4 is 9.64 Å². The number of hydrogen-bond acceptors (Lipinski definition) is 6. The van der Waals surface area contributed by atoms with Gasteiger partial charge in [0.05, 0.1) is 16.0 Å². The zero-order valence-electron chi connectivity index (χ0n) is 15.9. The topological polar surface area (TPSA) is 88.2 Å². The molecule has 0 unspecified atom stereocenters. The molecule has 4 rings (SSSR count). The van der Waals surface area contributed by atoms with Crippen molar-refractivity contribution in [3.05, 3.63) is 42.9 Å². The van der Waals surface area contributed by atoms with Gasteiger partial charge in [-0.05, 0) is 43.0 Å². The van der Waals surface area contributed by atoms with Crippen LogP contribution in [0.5, 0.6) is 5.75 Å². The van der Waals surface area contributed by atoms with Crippen molar-refractivity contribution >= 4 is 26.7 Å². The van der Waals surface area contributed by atoms with Gasteiger partial charge in [0.25, 0.3) is 0 Å². The second kappa shape index (κ2) is 7.46. The highest BCUT2D eigenvalue weighted by Crippen LogP contribution is 2.37.